The van der Waals surface area contributed by atoms with Gasteiger partial charge in [-0.25, -0.2) is 4.98 Å². The van der Waals surface area contributed by atoms with Crippen molar-refractivity contribution in [3.63, 3.8) is 0 Å². The van der Waals surface area contributed by atoms with Gasteiger partial charge in [-0.3, -0.25) is 0 Å². The van der Waals surface area contributed by atoms with Gasteiger partial charge in [0.05, 0.1) is 17.3 Å². The first-order valence-electron chi connectivity index (χ1n) is 7.07. The summed E-state index contributed by atoms with van der Waals surface area (Å²) in [6, 6.07) is 8.99. The fourth-order valence-corrected chi connectivity index (χ4v) is 3.78. The number of ether oxygens (including phenoxy) is 1. The van der Waals surface area contributed by atoms with Gasteiger partial charge in [0.15, 0.2) is 0 Å². The fourth-order valence-electron chi connectivity index (χ4n) is 2.84. The van der Waals surface area contributed by atoms with E-state index in [1.165, 1.54) is 10.4 Å². The summed E-state index contributed by atoms with van der Waals surface area (Å²) in [4.78, 5) is 5.86. The van der Waals surface area contributed by atoms with Crippen LogP contribution in [0.15, 0.2) is 24.3 Å². The molecule has 0 saturated carbocycles. The number of hydrogen-bond donors (Lipinski definition) is 1. The summed E-state index contributed by atoms with van der Waals surface area (Å²) < 4.78 is 5.72. The van der Waals surface area contributed by atoms with E-state index in [-0.39, 0.29) is 0 Å². The van der Waals surface area contributed by atoms with Gasteiger partial charge >= 0.3 is 0 Å². The van der Waals surface area contributed by atoms with Crippen LogP contribution in [0.4, 0.5) is 0 Å². The highest BCUT2D eigenvalue weighted by Gasteiger charge is 2.24. The van der Waals surface area contributed by atoms with Crippen molar-refractivity contribution in [2.75, 3.05) is 6.61 Å². The van der Waals surface area contributed by atoms with Gasteiger partial charge in [0, 0.05) is 28.9 Å². The molecule has 2 atom stereocenters. The van der Waals surface area contributed by atoms with Crippen LogP contribution in [0.25, 0.3) is 0 Å². The van der Waals surface area contributed by atoms with Gasteiger partial charge < -0.3 is 10.1 Å². The van der Waals surface area contributed by atoms with E-state index in [4.69, 9.17) is 4.74 Å². The highest BCUT2D eigenvalue weighted by atomic mass is 32.1. The zero-order chi connectivity index (χ0) is 14.1. The highest BCUT2D eigenvalue weighted by Crippen LogP contribution is 2.34. The molecule has 4 heteroatoms. The minimum atomic E-state index is 0.317. The minimum Gasteiger partial charge on any atom is -0.493 e. The average molecular weight is 288 g/mol. The number of aryl methyl sites for hydroxylation is 2. The van der Waals surface area contributed by atoms with Crippen LogP contribution in [0.3, 0.4) is 0 Å². The number of nitrogens with zero attached hydrogens (tertiary/aromatic N) is 1. The molecule has 106 valence electrons. The fraction of sp³-hybridized carbons (Fsp3) is 0.438. The molecule has 3 rings (SSSR count). The third-order valence-electron chi connectivity index (χ3n) is 3.74. The molecular weight excluding hydrogens is 268 g/mol. The van der Waals surface area contributed by atoms with Crippen LogP contribution in [-0.2, 0) is 0 Å². The summed E-state index contributed by atoms with van der Waals surface area (Å²) in [5.41, 5.74) is 2.41. The first kappa shape index (κ1) is 13.6. The molecular formula is C16H20N2OS. The molecule has 3 nitrogen and oxygen atoms in total. The van der Waals surface area contributed by atoms with Gasteiger partial charge in [0.25, 0.3) is 0 Å². The van der Waals surface area contributed by atoms with E-state index >= 15 is 0 Å². The van der Waals surface area contributed by atoms with Crippen LogP contribution in [0.5, 0.6) is 5.75 Å². The van der Waals surface area contributed by atoms with Gasteiger partial charge in [-0.1, -0.05) is 18.2 Å². The molecule has 0 fully saturated rings. The summed E-state index contributed by atoms with van der Waals surface area (Å²) in [6.45, 7) is 7.16. The van der Waals surface area contributed by atoms with Crippen LogP contribution >= 0.6 is 11.3 Å². The van der Waals surface area contributed by atoms with E-state index < -0.39 is 0 Å². The Kier molecular flexibility index (Phi) is 3.76. The normalized spacial score (nSPS) is 19.2. The molecule has 0 radical (unpaired) electrons. The Hall–Kier alpha value is -1.39. The Morgan fingerprint density at radius 1 is 1.35 bits per heavy atom. The largest absolute Gasteiger partial charge is 0.493 e. The van der Waals surface area contributed by atoms with E-state index in [0.29, 0.717) is 12.1 Å². The quantitative estimate of drug-likeness (QED) is 0.929. The number of aromatic nitrogens is 1. The average Bonchev–Trinajstić information content (AvgIpc) is 2.78. The number of hydrogen-bond acceptors (Lipinski definition) is 4. The third-order valence-corrected chi connectivity index (χ3v) is 5.00. The third kappa shape index (κ3) is 2.58. The van der Waals surface area contributed by atoms with E-state index in [0.717, 1.165) is 29.5 Å². The smallest absolute Gasteiger partial charge is 0.124 e. The second-order valence-corrected chi connectivity index (χ2v) is 6.53. The molecule has 1 aliphatic rings. The lowest BCUT2D eigenvalue weighted by atomic mass is 9.99. The predicted molar refractivity (Wildman–Crippen MR) is 82.4 cm³/mol. The SMILES string of the molecule is Cc1nc(C)c(C(C)NC2CCOc3ccccc32)s1. The van der Waals surface area contributed by atoms with E-state index in [1.54, 1.807) is 11.3 Å². The van der Waals surface area contributed by atoms with Crippen molar-refractivity contribution < 1.29 is 4.74 Å². The molecule has 2 unspecified atom stereocenters. The second-order valence-electron chi connectivity index (χ2n) is 5.30. The van der Waals surface area contributed by atoms with Crippen molar-refractivity contribution in [1.82, 2.24) is 10.3 Å². The van der Waals surface area contributed by atoms with Crippen LogP contribution in [0, 0.1) is 13.8 Å². The van der Waals surface area contributed by atoms with Crippen molar-refractivity contribution >= 4 is 11.3 Å². The Balaban J connectivity index is 1.80. The van der Waals surface area contributed by atoms with Crippen LogP contribution in [0.1, 0.15) is 46.6 Å². The first-order chi connectivity index (χ1) is 9.65. The lowest BCUT2D eigenvalue weighted by Crippen LogP contribution is -2.29. The number of benzene rings is 1. The summed E-state index contributed by atoms with van der Waals surface area (Å²) >= 11 is 1.79. The van der Waals surface area contributed by atoms with Crippen LogP contribution in [0.2, 0.25) is 0 Å². The van der Waals surface area contributed by atoms with Crippen LogP contribution in [-0.4, -0.2) is 11.6 Å². The lowest BCUT2D eigenvalue weighted by molar-refractivity contribution is 0.246. The number of fused-ring (bicyclic) bond motifs is 1. The van der Waals surface area contributed by atoms with Gasteiger partial charge in [0.1, 0.15) is 5.75 Å². The van der Waals surface area contributed by atoms with E-state index in [9.17, 15) is 0 Å². The first-order valence-corrected chi connectivity index (χ1v) is 7.88. The Morgan fingerprint density at radius 3 is 2.90 bits per heavy atom. The predicted octanol–water partition coefficient (Wildman–Crippen LogP) is 3.93. The number of nitrogens with one attached hydrogen (secondary N) is 1. The molecule has 1 N–H and O–H groups in total. The highest BCUT2D eigenvalue weighted by molar-refractivity contribution is 7.11. The standard InChI is InChI=1S/C16H20N2OS/c1-10-16(20-12(3)17-10)11(2)18-14-8-9-19-15-7-5-4-6-13(14)15/h4-7,11,14,18H,8-9H2,1-3H3. The van der Waals surface area contributed by atoms with Gasteiger partial charge in [-0.15, -0.1) is 11.3 Å². The molecule has 1 aromatic heterocycles. The maximum atomic E-state index is 5.72. The molecule has 20 heavy (non-hydrogen) atoms. The molecule has 2 heterocycles. The molecule has 0 spiro atoms. The number of thiazole rings is 1. The van der Waals surface area contributed by atoms with Crippen molar-refractivity contribution in [2.45, 2.75) is 39.3 Å². The summed E-state index contributed by atoms with van der Waals surface area (Å²) in [5.74, 6) is 1.01. The zero-order valence-corrected chi connectivity index (χ0v) is 13.0. The summed E-state index contributed by atoms with van der Waals surface area (Å²) in [6.07, 6.45) is 1.01. The minimum absolute atomic E-state index is 0.317. The maximum absolute atomic E-state index is 5.72. The van der Waals surface area contributed by atoms with E-state index in [1.807, 2.05) is 6.07 Å². The Morgan fingerprint density at radius 2 is 2.15 bits per heavy atom. The van der Waals surface area contributed by atoms with Crippen molar-refractivity contribution in [1.29, 1.82) is 0 Å². The lowest BCUT2D eigenvalue weighted by Gasteiger charge is -2.29. The summed E-state index contributed by atoms with van der Waals surface area (Å²) in [7, 11) is 0. The van der Waals surface area contributed by atoms with Crippen molar-refractivity contribution in [3.05, 3.63) is 45.4 Å². The zero-order valence-electron chi connectivity index (χ0n) is 12.1. The van der Waals surface area contributed by atoms with E-state index in [2.05, 4.69) is 49.3 Å². The van der Waals surface area contributed by atoms with Gasteiger partial charge in [-0.05, 0) is 26.8 Å². The molecule has 0 saturated heterocycles. The van der Waals surface area contributed by atoms with Crippen molar-refractivity contribution in [3.8, 4) is 5.75 Å². The maximum Gasteiger partial charge on any atom is 0.124 e. The topological polar surface area (TPSA) is 34.2 Å². The molecule has 1 aromatic carbocycles. The Labute approximate surface area is 124 Å². The van der Waals surface area contributed by atoms with Gasteiger partial charge in [-0.2, -0.15) is 0 Å². The second kappa shape index (κ2) is 5.54. The van der Waals surface area contributed by atoms with Crippen LogP contribution < -0.4 is 10.1 Å². The molecule has 0 amide bonds. The van der Waals surface area contributed by atoms with Crippen molar-refractivity contribution in [2.24, 2.45) is 0 Å². The molecule has 2 aromatic rings. The summed E-state index contributed by atoms with van der Waals surface area (Å²) in [5, 5.41) is 4.87. The van der Waals surface area contributed by atoms with Gasteiger partial charge in [0.2, 0.25) is 0 Å². The molecule has 0 aliphatic carbocycles. The number of para-hydroxylation sites is 1. The number of rotatable bonds is 3. The molecule has 0 bridgehead atoms. The molecule has 1 aliphatic heterocycles. The Bertz CT molecular complexity index is 608. The monoisotopic (exact) mass is 288 g/mol.